The number of hydrogen-bond donors (Lipinski definition) is 1. The normalized spacial score (nSPS) is 10.5. The molecule has 2 heterocycles. The van der Waals surface area contributed by atoms with Gasteiger partial charge in [0.25, 0.3) is 0 Å². The van der Waals surface area contributed by atoms with Crippen LogP contribution in [0.2, 0.25) is 0 Å². The van der Waals surface area contributed by atoms with Gasteiger partial charge in [-0.2, -0.15) is 0 Å². The highest BCUT2D eigenvalue weighted by Gasteiger charge is 2.14. The van der Waals surface area contributed by atoms with Crippen LogP contribution in [0, 0.1) is 0 Å². The molecular formula is C14H16N2O4S. The Kier molecular flexibility index (Phi) is 5.10. The minimum Gasteiger partial charge on any atom is -0.481 e. The second-order valence-corrected chi connectivity index (χ2v) is 5.56. The van der Waals surface area contributed by atoms with Gasteiger partial charge in [0.1, 0.15) is 6.26 Å². The molecule has 7 heteroatoms. The van der Waals surface area contributed by atoms with E-state index in [4.69, 9.17) is 9.52 Å². The summed E-state index contributed by atoms with van der Waals surface area (Å²) in [6.45, 7) is 0.417. The van der Waals surface area contributed by atoms with Crippen molar-refractivity contribution in [1.29, 1.82) is 0 Å². The molecule has 2 rings (SSSR count). The lowest BCUT2D eigenvalue weighted by Crippen LogP contribution is -2.29. The lowest BCUT2D eigenvalue weighted by atomic mass is 10.2. The number of carboxylic acid groups (broad SMARTS) is 1. The summed E-state index contributed by atoms with van der Waals surface area (Å²) in [7, 11) is 1.66. The fourth-order valence-electron chi connectivity index (χ4n) is 1.78. The third-order valence-electron chi connectivity index (χ3n) is 2.93. The molecule has 1 amide bonds. The molecule has 0 atom stereocenters. The molecule has 6 nitrogen and oxygen atoms in total. The molecule has 1 N–H and O–H groups in total. The summed E-state index contributed by atoms with van der Waals surface area (Å²) in [6, 6.07) is 3.81. The van der Waals surface area contributed by atoms with Crippen LogP contribution in [0.25, 0.3) is 10.8 Å². The molecular weight excluding hydrogens is 292 g/mol. The van der Waals surface area contributed by atoms with Crippen molar-refractivity contribution < 1.29 is 19.1 Å². The van der Waals surface area contributed by atoms with Gasteiger partial charge in [0.15, 0.2) is 0 Å². The average molecular weight is 308 g/mol. The van der Waals surface area contributed by atoms with E-state index in [0.29, 0.717) is 24.6 Å². The zero-order chi connectivity index (χ0) is 15.2. The van der Waals surface area contributed by atoms with Gasteiger partial charge in [0.05, 0.1) is 17.0 Å². The number of aromatic nitrogens is 1. The van der Waals surface area contributed by atoms with Crippen LogP contribution in [0.1, 0.15) is 18.5 Å². The molecule has 0 bridgehead atoms. The van der Waals surface area contributed by atoms with Crippen molar-refractivity contribution in [3.05, 3.63) is 29.5 Å². The number of nitrogens with zero attached hydrogens (tertiary/aromatic N) is 2. The maximum Gasteiger partial charge on any atom is 0.303 e. The van der Waals surface area contributed by atoms with Crippen molar-refractivity contribution in [3.8, 4) is 10.8 Å². The molecule has 0 aliphatic rings. The molecule has 2 aromatic heterocycles. The van der Waals surface area contributed by atoms with Gasteiger partial charge in [-0.25, -0.2) is 4.98 Å². The fraction of sp³-hybridized carbons (Fsp3) is 0.357. The summed E-state index contributed by atoms with van der Waals surface area (Å²) < 4.78 is 5.35. The first kappa shape index (κ1) is 15.2. The van der Waals surface area contributed by atoms with Gasteiger partial charge >= 0.3 is 5.97 Å². The number of carbonyl (C=O) groups excluding carboxylic acids is 1. The van der Waals surface area contributed by atoms with Crippen LogP contribution in [0.15, 0.2) is 28.2 Å². The largest absolute Gasteiger partial charge is 0.481 e. The van der Waals surface area contributed by atoms with Gasteiger partial charge in [-0.3, -0.25) is 9.59 Å². The van der Waals surface area contributed by atoms with E-state index in [2.05, 4.69) is 4.98 Å². The third kappa shape index (κ3) is 4.42. The quantitative estimate of drug-likeness (QED) is 0.848. The number of carboxylic acids is 1. The van der Waals surface area contributed by atoms with Crippen molar-refractivity contribution in [2.45, 2.75) is 19.3 Å². The van der Waals surface area contributed by atoms with Crippen molar-refractivity contribution in [3.63, 3.8) is 0 Å². The lowest BCUT2D eigenvalue weighted by Gasteiger charge is -2.15. The van der Waals surface area contributed by atoms with Crippen LogP contribution in [0.3, 0.4) is 0 Å². The van der Waals surface area contributed by atoms with Crippen LogP contribution < -0.4 is 0 Å². The van der Waals surface area contributed by atoms with Crippen LogP contribution in [0.4, 0.5) is 0 Å². The molecule has 0 saturated carbocycles. The topological polar surface area (TPSA) is 83.6 Å². The number of amides is 1. The molecule has 0 aromatic carbocycles. The number of aliphatic carboxylic acids is 1. The molecule has 0 unspecified atom stereocenters. The van der Waals surface area contributed by atoms with Gasteiger partial charge in [-0.15, -0.1) is 11.3 Å². The van der Waals surface area contributed by atoms with Crippen molar-refractivity contribution in [2.75, 3.05) is 13.6 Å². The van der Waals surface area contributed by atoms with E-state index in [1.807, 2.05) is 17.5 Å². The zero-order valence-electron chi connectivity index (χ0n) is 11.6. The predicted molar refractivity (Wildman–Crippen MR) is 78.0 cm³/mol. The molecule has 0 aliphatic carbocycles. The van der Waals surface area contributed by atoms with E-state index >= 15 is 0 Å². The first-order valence-electron chi connectivity index (χ1n) is 6.50. The van der Waals surface area contributed by atoms with Gasteiger partial charge < -0.3 is 14.4 Å². The van der Waals surface area contributed by atoms with Gasteiger partial charge in [-0.1, -0.05) is 6.07 Å². The molecule has 0 spiro atoms. The SMILES string of the molecule is CN(CCCC(=O)O)C(=O)Cc1coc(-c2cccs2)n1. The highest BCUT2D eigenvalue weighted by Crippen LogP contribution is 2.23. The summed E-state index contributed by atoms with van der Waals surface area (Å²) in [6.07, 6.45) is 2.14. The van der Waals surface area contributed by atoms with Crippen molar-refractivity contribution >= 4 is 23.2 Å². The number of likely N-dealkylation sites (N-methyl/N-ethyl adjacent to an activating group) is 1. The fourth-order valence-corrected chi connectivity index (χ4v) is 2.44. The van der Waals surface area contributed by atoms with Crippen LogP contribution in [0.5, 0.6) is 0 Å². The summed E-state index contributed by atoms with van der Waals surface area (Å²) in [5, 5.41) is 10.5. The minimum absolute atomic E-state index is 0.0596. The van der Waals surface area contributed by atoms with Crippen LogP contribution in [-0.2, 0) is 16.0 Å². The Morgan fingerprint density at radius 2 is 2.29 bits per heavy atom. The van der Waals surface area contributed by atoms with E-state index in [-0.39, 0.29) is 18.7 Å². The van der Waals surface area contributed by atoms with E-state index < -0.39 is 5.97 Å². The number of hydrogen-bond acceptors (Lipinski definition) is 5. The number of oxazole rings is 1. The van der Waals surface area contributed by atoms with E-state index in [1.165, 1.54) is 22.5 Å². The van der Waals surface area contributed by atoms with Gasteiger partial charge in [0.2, 0.25) is 11.8 Å². The van der Waals surface area contributed by atoms with E-state index in [9.17, 15) is 9.59 Å². The second-order valence-electron chi connectivity index (χ2n) is 4.61. The highest BCUT2D eigenvalue weighted by atomic mass is 32.1. The molecule has 0 saturated heterocycles. The third-order valence-corrected chi connectivity index (χ3v) is 3.78. The van der Waals surface area contributed by atoms with E-state index in [0.717, 1.165) is 4.88 Å². The molecule has 112 valence electrons. The molecule has 0 fully saturated rings. The number of rotatable bonds is 7. The monoisotopic (exact) mass is 308 g/mol. The molecule has 0 radical (unpaired) electrons. The van der Waals surface area contributed by atoms with Crippen LogP contribution >= 0.6 is 11.3 Å². The maximum atomic E-state index is 12.0. The molecule has 2 aromatic rings. The first-order valence-corrected chi connectivity index (χ1v) is 7.38. The number of thiophene rings is 1. The smallest absolute Gasteiger partial charge is 0.303 e. The lowest BCUT2D eigenvalue weighted by molar-refractivity contribution is -0.138. The van der Waals surface area contributed by atoms with Crippen LogP contribution in [-0.4, -0.2) is 40.5 Å². The molecule has 0 aliphatic heterocycles. The zero-order valence-corrected chi connectivity index (χ0v) is 12.4. The standard InChI is InChI=1S/C14H16N2O4S/c1-16(6-2-5-13(18)19)12(17)8-10-9-20-14(15-10)11-4-3-7-21-11/h3-4,7,9H,2,5-6,8H2,1H3,(H,18,19). The average Bonchev–Trinajstić information content (AvgIpc) is 3.07. The Hall–Kier alpha value is -2.15. The van der Waals surface area contributed by atoms with E-state index in [1.54, 1.807) is 7.05 Å². The Morgan fingerprint density at radius 1 is 1.48 bits per heavy atom. The molecule has 21 heavy (non-hydrogen) atoms. The Morgan fingerprint density at radius 3 is 2.95 bits per heavy atom. The summed E-state index contributed by atoms with van der Waals surface area (Å²) in [5.74, 6) is -0.444. The van der Waals surface area contributed by atoms with Gasteiger partial charge in [-0.05, 0) is 17.9 Å². The first-order chi connectivity index (χ1) is 10.1. The van der Waals surface area contributed by atoms with Crippen molar-refractivity contribution in [1.82, 2.24) is 9.88 Å². The maximum absolute atomic E-state index is 12.0. The minimum atomic E-state index is -0.854. The Balaban J connectivity index is 1.86. The second kappa shape index (κ2) is 7.03. The summed E-state index contributed by atoms with van der Waals surface area (Å²) >= 11 is 1.52. The number of carbonyl (C=O) groups is 2. The highest BCUT2D eigenvalue weighted by molar-refractivity contribution is 7.13. The van der Waals surface area contributed by atoms with Crippen molar-refractivity contribution in [2.24, 2.45) is 0 Å². The Labute approximate surface area is 126 Å². The summed E-state index contributed by atoms with van der Waals surface area (Å²) in [4.78, 5) is 29.1. The predicted octanol–water partition coefficient (Wildman–Crippen LogP) is 2.27. The van der Waals surface area contributed by atoms with Gasteiger partial charge in [0, 0.05) is 20.0 Å². The summed E-state index contributed by atoms with van der Waals surface area (Å²) in [5.41, 5.74) is 0.577. The Bertz CT molecular complexity index is 606.